The molecule has 4 rings (SSSR count). The lowest BCUT2D eigenvalue weighted by molar-refractivity contribution is -0.605. The minimum absolute atomic E-state index is 0.0935. The lowest BCUT2D eigenvalue weighted by Crippen LogP contribution is -2.23. The van der Waals surface area contributed by atoms with Gasteiger partial charge >= 0.3 is 11.9 Å². The highest BCUT2D eigenvalue weighted by Gasteiger charge is 2.05. The standard InChI is InChI=1S/C13H14N2O.2C10H7NO3/c16-15-10-6-13(7-11-15)3-1-2-12-4-8-14-9-5-12;2*11-6-8(10(13)14)5-7-1-3-9(12)4-2-7/h4-11H,1-3H2;2*1-5,12H,(H,13,14)/b;2*8-5+. The third-order valence-corrected chi connectivity index (χ3v) is 5.69. The van der Waals surface area contributed by atoms with Crippen LogP contribution in [0.1, 0.15) is 28.7 Å². The van der Waals surface area contributed by atoms with Crippen LogP contribution in [0.3, 0.4) is 0 Å². The Morgan fingerprint density at radius 1 is 0.750 bits per heavy atom. The van der Waals surface area contributed by atoms with Gasteiger partial charge in [-0.2, -0.15) is 15.3 Å². The van der Waals surface area contributed by atoms with Crippen LogP contribution in [0.25, 0.3) is 12.2 Å². The number of pyridine rings is 2. The maximum atomic E-state index is 10.8. The molecule has 0 unspecified atom stereocenters. The summed E-state index contributed by atoms with van der Waals surface area (Å²) >= 11 is 0. The van der Waals surface area contributed by atoms with Crippen LogP contribution in [0.4, 0.5) is 0 Å². The number of aromatic amines is 1. The number of nitrogens with one attached hydrogen (secondary N) is 1. The van der Waals surface area contributed by atoms with Crippen molar-refractivity contribution in [2.75, 3.05) is 0 Å². The van der Waals surface area contributed by atoms with Crippen molar-refractivity contribution in [2.24, 2.45) is 0 Å². The van der Waals surface area contributed by atoms with E-state index in [1.165, 1.54) is 71.8 Å². The molecule has 2 aromatic carbocycles. The van der Waals surface area contributed by atoms with Crippen LogP contribution in [0.15, 0.2) is 109 Å². The lowest BCUT2D eigenvalue weighted by Gasteiger charge is -2.03. The Morgan fingerprint density at radius 2 is 1.18 bits per heavy atom. The predicted octanol–water partition coefficient (Wildman–Crippen LogP) is 3.44. The van der Waals surface area contributed by atoms with Crippen LogP contribution in [0.2, 0.25) is 0 Å². The Balaban J connectivity index is 0.000000231. The van der Waals surface area contributed by atoms with Gasteiger partial charge in [0.15, 0.2) is 24.8 Å². The summed E-state index contributed by atoms with van der Waals surface area (Å²) in [5, 5.41) is 64.5. The molecule has 0 atom stereocenters. The second-order valence-corrected chi connectivity index (χ2v) is 8.94. The number of carbonyl (C=O) groups is 2. The van der Waals surface area contributed by atoms with Gasteiger partial charge in [0.25, 0.3) is 0 Å². The number of H-pyrrole nitrogens is 1. The van der Waals surface area contributed by atoms with E-state index in [4.69, 9.17) is 25.8 Å². The summed E-state index contributed by atoms with van der Waals surface area (Å²) in [5.41, 5.74) is 2.94. The van der Waals surface area contributed by atoms with Gasteiger partial charge < -0.3 is 25.6 Å². The molecular formula is C33H28N4O7. The van der Waals surface area contributed by atoms with Gasteiger partial charge in [0, 0.05) is 24.3 Å². The normalized spacial score (nSPS) is 10.5. The molecule has 0 aliphatic rings. The summed E-state index contributed by atoms with van der Waals surface area (Å²) in [5.74, 6) is -2.61. The molecule has 0 aliphatic heterocycles. The zero-order valence-corrected chi connectivity index (χ0v) is 23.3. The van der Waals surface area contributed by atoms with Gasteiger partial charge in [-0.05, 0) is 65.8 Å². The molecule has 0 fully saturated rings. The van der Waals surface area contributed by atoms with Gasteiger partial charge in [0.2, 0.25) is 0 Å². The van der Waals surface area contributed by atoms with E-state index in [9.17, 15) is 19.9 Å². The van der Waals surface area contributed by atoms with E-state index >= 15 is 0 Å². The molecule has 2 heterocycles. The number of hydrogen-bond donors (Lipinski definition) is 3. The highest BCUT2D eigenvalue weighted by atomic mass is 16.5. The summed E-state index contributed by atoms with van der Waals surface area (Å²) in [6, 6.07) is 22.5. The minimum Gasteiger partial charge on any atom is -0.872 e. The number of nitrogens with zero attached hydrogens (tertiary/aromatic N) is 3. The molecule has 0 radical (unpaired) electrons. The largest absolute Gasteiger partial charge is 0.872 e. The smallest absolute Gasteiger partial charge is 0.346 e. The van der Waals surface area contributed by atoms with Gasteiger partial charge in [-0.1, -0.05) is 36.4 Å². The number of rotatable bonds is 8. The maximum Gasteiger partial charge on any atom is 0.346 e. The van der Waals surface area contributed by atoms with Crippen LogP contribution in [0, 0.1) is 27.9 Å². The van der Waals surface area contributed by atoms with Crippen molar-refractivity contribution < 1.29 is 39.7 Å². The number of aryl methyl sites for hydroxylation is 2. The Kier molecular flexibility index (Phi) is 13.9. The molecule has 0 saturated heterocycles. The van der Waals surface area contributed by atoms with E-state index in [-0.39, 0.29) is 22.6 Å². The minimum atomic E-state index is -1.28. The average molecular weight is 593 g/mol. The van der Waals surface area contributed by atoms with Gasteiger partial charge in [0.05, 0.1) is 0 Å². The molecule has 4 aromatic rings. The summed E-state index contributed by atoms with van der Waals surface area (Å²) in [6.07, 6.45) is 12.6. The fourth-order valence-corrected chi connectivity index (χ4v) is 3.45. The van der Waals surface area contributed by atoms with E-state index in [2.05, 4.69) is 17.1 Å². The molecule has 0 bridgehead atoms. The Hall–Kier alpha value is -6.46. The molecule has 0 saturated carbocycles. The Labute approximate surface area is 253 Å². The van der Waals surface area contributed by atoms with E-state index in [1.807, 2.05) is 24.5 Å². The molecule has 11 nitrogen and oxygen atoms in total. The van der Waals surface area contributed by atoms with Crippen molar-refractivity contribution >= 4 is 24.1 Å². The first-order chi connectivity index (χ1) is 21.1. The highest BCUT2D eigenvalue weighted by molar-refractivity contribution is 5.97. The lowest BCUT2D eigenvalue weighted by atomic mass is 10.1. The number of nitriles is 2. The molecular weight excluding hydrogens is 564 g/mol. The van der Waals surface area contributed by atoms with Crippen molar-refractivity contribution in [2.45, 2.75) is 19.3 Å². The molecule has 4 N–H and O–H groups in total. The predicted molar refractivity (Wildman–Crippen MR) is 157 cm³/mol. The van der Waals surface area contributed by atoms with Gasteiger partial charge in [0.1, 0.15) is 29.0 Å². The summed E-state index contributed by atoms with van der Waals surface area (Å²) in [4.78, 5) is 23.9. The molecule has 0 spiro atoms. The topological polar surface area (TPSA) is 207 Å². The SMILES string of the molecule is N#C/C(=C\c1ccc(O)cc1)C(=O)O.N#C/C(=C\c1ccc([O-])cc1)C(=O)O.[O-][n+]1ccc(CCCc2cc[nH+]cc2)cc1. The van der Waals surface area contributed by atoms with E-state index in [1.54, 1.807) is 24.5 Å². The fraction of sp³-hybridized carbons (Fsp3) is 0.0909. The number of benzene rings is 2. The second-order valence-electron chi connectivity index (χ2n) is 8.94. The van der Waals surface area contributed by atoms with Crippen LogP contribution in [0.5, 0.6) is 11.5 Å². The van der Waals surface area contributed by atoms with Crippen LogP contribution >= 0.6 is 0 Å². The first kappa shape index (κ1) is 33.7. The van der Waals surface area contributed by atoms with E-state index in [0.29, 0.717) is 11.1 Å². The number of hydrogen-bond acceptors (Lipinski definition) is 7. The highest BCUT2D eigenvalue weighted by Crippen LogP contribution is 2.13. The van der Waals surface area contributed by atoms with Crippen molar-refractivity contribution in [3.05, 3.63) is 136 Å². The van der Waals surface area contributed by atoms with Crippen LogP contribution < -0.4 is 14.8 Å². The number of aromatic nitrogens is 2. The molecule has 2 aromatic heterocycles. The second kappa shape index (κ2) is 18.1. The molecule has 0 aliphatic carbocycles. The number of phenolic OH excluding ortho intramolecular Hbond substituents is 1. The first-order valence-electron chi connectivity index (χ1n) is 13.0. The maximum absolute atomic E-state index is 10.8. The average Bonchev–Trinajstić information content (AvgIpc) is 3.02. The number of phenols is 1. The van der Waals surface area contributed by atoms with E-state index < -0.39 is 11.9 Å². The van der Waals surface area contributed by atoms with E-state index in [0.717, 1.165) is 24.0 Å². The molecule has 222 valence electrons. The zero-order chi connectivity index (χ0) is 32.3. The van der Waals surface area contributed by atoms with Crippen molar-refractivity contribution in [3.63, 3.8) is 0 Å². The van der Waals surface area contributed by atoms with Gasteiger partial charge in [-0.3, -0.25) is 0 Å². The quantitative estimate of drug-likeness (QED) is 0.118. The monoisotopic (exact) mass is 592 g/mol. The number of aliphatic carboxylic acids is 2. The third-order valence-electron chi connectivity index (χ3n) is 5.69. The van der Waals surface area contributed by atoms with Crippen LogP contribution in [-0.2, 0) is 22.4 Å². The number of carboxylic acids is 2. The molecule has 0 amide bonds. The van der Waals surface area contributed by atoms with Gasteiger partial charge in [-0.15, -0.1) is 5.75 Å². The molecule has 44 heavy (non-hydrogen) atoms. The summed E-state index contributed by atoms with van der Waals surface area (Å²) in [7, 11) is 0. The first-order valence-corrected chi connectivity index (χ1v) is 13.0. The fourth-order valence-electron chi connectivity index (χ4n) is 3.45. The Bertz CT molecular complexity index is 1570. The van der Waals surface area contributed by atoms with Crippen molar-refractivity contribution in [1.82, 2.24) is 0 Å². The van der Waals surface area contributed by atoms with Crippen LogP contribution in [-0.4, -0.2) is 27.3 Å². The summed E-state index contributed by atoms with van der Waals surface area (Å²) < 4.78 is 0.816. The Morgan fingerprint density at radius 3 is 1.61 bits per heavy atom. The third kappa shape index (κ3) is 12.8. The van der Waals surface area contributed by atoms with Crippen molar-refractivity contribution in [1.29, 1.82) is 10.5 Å². The van der Waals surface area contributed by atoms with Gasteiger partial charge in [-0.25, -0.2) is 14.6 Å². The zero-order valence-electron chi connectivity index (χ0n) is 23.3. The number of carboxylic acid groups (broad SMARTS) is 2. The molecule has 11 heteroatoms. The summed E-state index contributed by atoms with van der Waals surface area (Å²) in [6.45, 7) is 0. The number of aromatic hydroxyl groups is 1. The van der Waals surface area contributed by atoms with Crippen molar-refractivity contribution in [3.8, 4) is 23.6 Å².